The number of nitrogens with zero attached hydrogens (tertiary/aromatic N) is 6. The summed E-state index contributed by atoms with van der Waals surface area (Å²) in [4.78, 5) is 31.3. The molecule has 3 atom stereocenters. The predicted octanol–water partition coefficient (Wildman–Crippen LogP) is 5.49. The number of rotatable bonds is 6. The molecule has 0 amide bonds. The van der Waals surface area contributed by atoms with Crippen LogP contribution in [0.2, 0.25) is 5.02 Å². The first-order chi connectivity index (χ1) is 18.8. The fourth-order valence-corrected chi connectivity index (χ4v) is 6.49. The summed E-state index contributed by atoms with van der Waals surface area (Å²) in [5.74, 6) is 1.80. The zero-order chi connectivity index (χ0) is 27.3. The second-order valence-electron chi connectivity index (χ2n) is 11.2. The van der Waals surface area contributed by atoms with Crippen molar-refractivity contribution >= 4 is 28.6 Å². The predicted molar refractivity (Wildman–Crippen MR) is 150 cm³/mol. The summed E-state index contributed by atoms with van der Waals surface area (Å²) in [6, 6.07) is 4.18. The Morgan fingerprint density at radius 3 is 2.62 bits per heavy atom. The van der Waals surface area contributed by atoms with E-state index in [0.29, 0.717) is 22.3 Å². The minimum Gasteiger partial charge on any atom is -0.380 e. The lowest BCUT2D eigenvalue weighted by molar-refractivity contribution is 0.118. The Morgan fingerprint density at radius 2 is 1.95 bits per heavy atom. The average molecular weight is 552 g/mol. The number of fused-ring (bicyclic) bond motifs is 1. The van der Waals surface area contributed by atoms with Gasteiger partial charge in [-0.15, -0.1) is 0 Å². The largest absolute Gasteiger partial charge is 0.439 e. The van der Waals surface area contributed by atoms with E-state index in [1.165, 1.54) is 25.7 Å². The molecule has 4 aromatic heterocycles. The van der Waals surface area contributed by atoms with Crippen LogP contribution in [-0.4, -0.2) is 55.5 Å². The van der Waals surface area contributed by atoms with Crippen molar-refractivity contribution in [2.75, 3.05) is 18.6 Å². The summed E-state index contributed by atoms with van der Waals surface area (Å²) < 4.78 is 12.9. The molecule has 39 heavy (non-hydrogen) atoms. The zero-order valence-corrected chi connectivity index (χ0v) is 23.5. The van der Waals surface area contributed by atoms with Gasteiger partial charge in [-0.2, -0.15) is 0 Å². The van der Waals surface area contributed by atoms with E-state index >= 15 is 0 Å². The molecule has 0 aromatic carbocycles. The van der Waals surface area contributed by atoms with Crippen molar-refractivity contribution in [1.29, 1.82) is 0 Å². The van der Waals surface area contributed by atoms with Crippen LogP contribution in [0.25, 0.3) is 33.8 Å². The van der Waals surface area contributed by atoms with Gasteiger partial charge in [0.05, 0.1) is 27.9 Å². The molecule has 206 valence electrons. The van der Waals surface area contributed by atoms with Crippen LogP contribution in [0.1, 0.15) is 58.9 Å². The van der Waals surface area contributed by atoms with Gasteiger partial charge in [-0.25, -0.2) is 14.8 Å². The molecule has 1 saturated carbocycles. The minimum atomic E-state index is -0.638. The first-order valence-electron chi connectivity index (χ1n) is 13.7. The van der Waals surface area contributed by atoms with Crippen LogP contribution in [0.15, 0.2) is 33.8 Å². The molecule has 1 aliphatic heterocycles. The van der Waals surface area contributed by atoms with Gasteiger partial charge in [0, 0.05) is 43.7 Å². The van der Waals surface area contributed by atoms with Crippen LogP contribution in [0.3, 0.4) is 0 Å². The SMILES string of the molecule is CO[C@@H]1C[C@@H](C)N(c2nc3cc(-c4noc(=O)[nH]4)nc(-c4cncc(Cl)c4)c3n2[C@H](C)[C@H]2CC[C@H](C)CC2)C1. The van der Waals surface area contributed by atoms with Crippen LogP contribution < -0.4 is 10.7 Å². The lowest BCUT2D eigenvalue weighted by Crippen LogP contribution is -2.32. The third-order valence-electron chi connectivity index (χ3n) is 8.59. The topological polar surface area (TPSA) is 115 Å². The quantitative estimate of drug-likeness (QED) is 0.334. The highest BCUT2D eigenvalue weighted by atomic mass is 35.5. The second kappa shape index (κ2) is 10.4. The normalized spacial score (nSPS) is 24.5. The Hall–Kier alpha value is -3.24. The molecule has 0 spiro atoms. The molecule has 11 heteroatoms. The van der Waals surface area contributed by atoms with Crippen LogP contribution in [-0.2, 0) is 4.74 Å². The summed E-state index contributed by atoms with van der Waals surface area (Å²) in [6.07, 6.45) is 9.26. The van der Waals surface area contributed by atoms with Gasteiger partial charge < -0.3 is 14.2 Å². The van der Waals surface area contributed by atoms with Gasteiger partial charge >= 0.3 is 5.76 Å². The van der Waals surface area contributed by atoms with Crippen molar-refractivity contribution in [1.82, 2.24) is 29.7 Å². The van der Waals surface area contributed by atoms with Gasteiger partial charge in [0.15, 0.2) is 0 Å². The molecule has 5 heterocycles. The van der Waals surface area contributed by atoms with Gasteiger partial charge in [0.1, 0.15) is 5.69 Å². The third kappa shape index (κ3) is 4.84. The monoisotopic (exact) mass is 551 g/mol. The zero-order valence-electron chi connectivity index (χ0n) is 22.7. The molecule has 0 radical (unpaired) electrons. The first-order valence-corrected chi connectivity index (χ1v) is 14.1. The minimum absolute atomic E-state index is 0.143. The molecular formula is C28H34ClN7O3. The van der Waals surface area contributed by atoms with Crippen molar-refractivity contribution < 1.29 is 9.26 Å². The van der Waals surface area contributed by atoms with Crippen LogP contribution in [0.4, 0.5) is 5.95 Å². The number of imidazole rings is 1. The van der Waals surface area contributed by atoms with Gasteiger partial charge in [-0.1, -0.05) is 36.5 Å². The summed E-state index contributed by atoms with van der Waals surface area (Å²) in [5, 5.41) is 4.41. The maximum Gasteiger partial charge on any atom is 0.439 e. The Labute approximate surface area is 231 Å². The number of pyridine rings is 2. The number of hydrogen-bond donors (Lipinski definition) is 1. The van der Waals surface area contributed by atoms with Gasteiger partial charge in [0.25, 0.3) is 0 Å². The summed E-state index contributed by atoms with van der Waals surface area (Å²) in [7, 11) is 1.77. The standard InChI is InChI=1S/C28H34ClN7O3/c1-15-5-7-18(8-6-15)17(3)36-25-22(32-27(36)35-14-21(38-4)9-16(35)2)11-23(26-33-28(37)39-34-26)31-24(25)19-10-20(29)13-30-12-19/h10-13,15-18,21H,5-9,14H2,1-4H3,(H,33,34,37)/t15-,16-,17-,18-,21-/m1/s1. The van der Waals surface area contributed by atoms with Crippen LogP contribution in [0.5, 0.6) is 0 Å². The number of ether oxygens (including phenoxy) is 1. The average Bonchev–Trinajstić information content (AvgIpc) is 3.64. The van der Waals surface area contributed by atoms with E-state index in [9.17, 15) is 4.79 Å². The fraction of sp³-hybridized carbons (Fsp3) is 0.536. The fourth-order valence-electron chi connectivity index (χ4n) is 6.31. The molecule has 1 aliphatic carbocycles. The Bertz CT molecular complexity index is 1540. The van der Waals surface area contributed by atoms with Crippen molar-refractivity contribution in [2.24, 2.45) is 11.8 Å². The number of nitrogens with one attached hydrogen (secondary N) is 1. The lowest BCUT2D eigenvalue weighted by atomic mass is 9.79. The molecule has 1 saturated heterocycles. The van der Waals surface area contributed by atoms with E-state index in [0.717, 1.165) is 41.4 Å². The lowest BCUT2D eigenvalue weighted by Gasteiger charge is -2.34. The molecule has 2 fully saturated rings. The number of hydrogen-bond acceptors (Lipinski definition) is 8. The highest BCUT2D eigenvalue weighted by Gasteiger charge is 2.36. The Morgan fingerprint density at radius 1 is 1.15 bits per heavy atom. The van der Waals surface area contributed by atoms with E-state index in [1.807, 2.05) is 12.1 Å². The molecular weight excluding hydrogens is 518 g/mol. The maximum atomic E-state index is 11.8. The summed E-state index contributed by atoms with van der Waals surface area (Å²) >= 11 is 6.39. The van der Waals surface area contributed by atoms with Crippen molar-refractivity contribution in [3.63, 3.8) is 0 Å². The van der Waals surface area contributed by atoms with Crippen molar-refractivity contribution in [3.8, 4) is 22.8 Å². The van der Waals surface area contributed by atoms with Gasteiger partial charge in [-0.05, 0) is 57.1 Å². The number of H-pyrrole nitrogens is 1. The van der Waals surface area contributed by atoms with Gasteiger partial charge in [-0.3, -0.25) is 14.5 Å². The smallest absolute Gasteiger partial charge is 0.380 e. The van der Waals surface area contributed by atoms with Crippen molar-refractivity contribution in [2.45, 2.75) is 71.1 Å². The molecule has 4 aromatic rings. The number of halogens is 1. The van der Waals surface area contributed by atoms with E-state index in [-0.39, 0.29) is 24.0 Å². The molecule has 6 rings (SSSR count). The van der Waals surface area contributed by atoms with Gasteiger partial charge in [0.2, 0.25) is 11.8 Å². The summed E-state index contributed by atoms with van der Waals surface area (Å²) in [5.41, 5.74) is 3.59. The first kappa shape index (κ1) is 26.0. The molecule has 1 N–H and O–H groups in total. The highest BCUT2D eigenvalue weighted by Crippen LogP contribution is 2.43. The molecule has 10 nitrogen and oxygen atoms in total. The molecule has 0 unspecified atom stereocenters. The van der Waals surface area contributed by atoms with E-state index in [2.05, 4.69) is 45.4 Å². The number of aromatic nitrogens is 6. The molecule has 2 aliphatic rings. The number of methoxy groups -OCH3 is 1. The molecule has 0 bridgehead atoms. The van der Waals surface area contributed by atoms with E-state index < -0.39 is 5.76 Å². The Balaban J connectivity index is 1.60. The summed E-state index contributed by atoms with van der Waals surface area (Å²) in [6.45, 7) is 7.64. The van der Waals surface area contributed by atoms with E-state index in [1.54, 1.807) is 19.5 Å². The van der Waals surface area contributed by atoms with E-state index in [4.69, 9.17) is 30.8 Å². The van der Waals surface area contributed by atoms with Crippen LogP contribution >= 0.6 is 11.6 Å². The van der Waals surface area contributed by atoms with Crippen LogP contribution in [0, 0.1) is 11.8 Å². The number of aromatic amines is 1. The Kier molecular flexibility index (Phi) is 6.93. The highest BCUT2D eigenvalue weighted by molar-refractivity contribution is 6.30. The third-order valence-corrected chi connectivity index (χ3v) is 8.79. The second-order valence-corrected chi connectivity index (χ2v) is 11.6. The number of anilines is 1. The maximum absolute atomic E-state index is 11.8. The van der Waals surface area contributed by atoms with Crippen molar-refractivity contribution in [3.05, 3.63) is 40.1 Å².